The fourth-order valence-electron chi connectivity index (χ4n) is 1.63. The normalized spacial score (nSPS) is 12.1. The summed E-state index contributed by atoms with van der Waals surface area (Å²) in [6, 6.07) is 11.1. The highest BCUT2D eigenvalue weighted by atomic mass is 16.1. The fourth-order valence-corrected chi connectivity index (χ4v) is 1.63. The minimum absolute atomic E-state index is 0.0441. The molecule has 0 fully saturated rings. The molecule has 0 radical (unpaired) electrons. The number of benzene rings is 1. The van der Waals surface area contributed by atoms with Crippen molar-refractivity contribution in [3.05, 3.63) is 54.4 Å². The van der Waals surface area contributed by atoms with Crippen molar-refractivity contribution >= 4 is 5.91 Å². The third-order valence-electron chi connectivity index (χ3n) is 2.43. The van der Waals surface area contributed by atoms with Crippen LogP contribution in [0.1, 0.15) is 17.3 Å². The van der Waals surface area contributed by atoms with Crippen LogP contribution in [0, 0.1) is 0 Å². The summed E-state index contributed by atoms with van der Waals surface area (Å²) in [6.07, 6.45) is 3.61. The maximum Gasteiger partial charge on any atom is 0.251 e. The number of rotatable bonds is 4. The molecule has 17 heavy (non-hydrogen) atoms. The Balaban J connectivity index is 1.91. The molecule has 4 nitrogen and oxygen atoms in total. The molecule has 0 aliphatic carbocycles. The zero-order chi connectivity index (χ0) is 12.1. The maximum absolute atomic E-state index is 11.8. The molecule has 0 aliphatic rings. The van der Waals surface area contributed by atoms with Gasteiger partial charge in [-0.25, -0.2) is 0 Å². The van der Waals surface area contributed by atoms with Gasteiger partial charge in [-0.05, 0) is 25.1 Å². The average Bonchev–Trinajstić information content (AvgIpc) is 2.82. The quantitative estimate of drug-likeness (QED) is 0.867. The number of nitrogens with one attached hydrogen (secondary N) is 1. The fraction of sp³-hybridized carbons (Fsp3) is 0.231. The van der Waals surface area contributed by atoms with Gasteiger partial charge in [0.25, 0.3) is 5.91 Å². The van der Waals surface area contributed by atoms with Crippen LogP contribution in [0.15, 0.2) is 48.8 Å². The number of amides is 1. The first kappa shape index (κ1) is 11.4. The lowest BCUT2D eigenvalue weighted by atomic mass is 10.2. The first-order chi connectivity index (χ1) is 8.25. The molecule has 1 amide bonds. The predicted molar refractivity (Wildman–Crippen MR) is 65.6 cm³/mol. The molecule has 1 aromatic carbocycles. The van der Waals surface area contributed by atoms with Crippen LogP contribution in [0.3, 0.4) is 0 Å². The highest BCUT2D eigenvalue weighted by Gasteiger charge is 2.09. The van der Waals surface area contributed by atoms with Crippen LogP contribution in [-0.2, 0) is 6.54 Å². The van der Waals surface area contributed by atoms with Crippen molar-refractivity contribution in [3.63, 3.8) is 0 Å². The molecule has 4 heteroatoms. The summed E-state index contributed by atoms with van der Waals surface area (Å²) in [4.78, 5) is 11.8. The molecule has 0 aliphatic heterocycles. The predicted octanol–water partition coefficient (Wildman–Crippen LogP) is 1.70. The van der Waals surface area contributed by atoms with Crippen LogP contribution >= 0.6 is 0 Å². The van der Waals surface area contributed by atoms with Crippen molar-refractivity contribution in [2.24, 2.45) is 0 Å². The van der Waals surface area contributed by atoms with Crippen LogP contribution < -0.4 is 5.32 Å². The maximum atomic E-state index is 11.8. The third kappa shape index (κ3) is 3.17. The van der Waals surface area contributed by atoms with Gasteiger partial charge >= 0.3 is 0 Å². The molecule has 0 saturated carbocycles. The number of nitrogens with zero attached hydrogens (tertiary/aromatic N) is 2. The number of aromatic nitrogens is 2. The van der Waals surface area contributed by atoms with E-state index < -0.39 is 0 Å². The lowest BCUT2D eigenvalue weighted by Crippen LogP contribution is -2.35. The molecule has 1 heterocycles. The van der Waals surface area contributed by atoms with Crippen molar-refractivity contribution in [1.82, 2.24) is 15.1 Å². The standard InChI is InChI=1S/C13H15N3O/c1-11(10-16-9-5-8-14-16)15-13(17)12-6-3-2-4-7-12/h2-9,11H,10H2,1H3,(H,15,17)/t11-/m0/s1. The Labute approximate surface area is 100 Å². The van der Waals surface area contributed by atoms with E-state index in [1.807, 2.05) is 37.4 Å². The molecule has 0 unspecified atom stereocenters. The van der Waals surface area contributed by atoms with Crippen LogP contribution in [0.5, 0.6) is 0 Å². The van der Waals surface area contributed by atoms with Crippen molar-refractivity contribution in [3.8, 4) is 0 Å². The summed E-state index contributed by atoms with van der Waals surface area (Å²) >= 11 is 0. The van der Waals surface area contributed by atoms with Gasteiger partial charge in [0.1, 0.15) is 0 Å². The van der Waals surface area contributed by atoms with E-state index in [0.717, 1.165) is 0 Å². The smallest absolute Gasteiger partial charge is 0.251 e. The molecular formula is C13H15N3O. The summed E-state index contributed by atoms with van der Waals surface area (Å²) in [5.41, 5.74) is 0.680. The van der Waals surface area contributed by atoms with Gasteiger partial charge in [0.2, 0.25) is 0 Å². The largest absolute Gasteiger partial charge is 0.348 e. The van der Waals surface area contributed by atoms with Gasteiger partial charge in [0.05, 0.1) is 6.54 Å². The Morgan fingerprint density at radius 2 is 2.12 bits per heavy atom. The van der Waals surface area contributed by atoms with Crippen LogP contribution in [0.2, 0.25) is 0 Å². The van der Waals surface area contributed by atoms with Gasteiger partial charge in [0, 0.05) is 24.0 Å². The van der Waals surface area contributed by atoms with Gasteiger partial charge in [-0.15, -0.1) is 0 Å². The molecule has 1 N–H and O–H groups in total. The second-order valence-electron chi connectivity index (χ2n) is 3.97. The summed E-state index contributed by atoms with van der Waals surface area (Å²) < 4.78 is 1.80. The molecule has 1 atom stereocenters. The van der Waals surface area contributed by atoms with E-state index in [4.69, 9.17) is 0 Å². The molecule has 0 saturated heterocycles. The van der Waals surface area contributed by atoms with E-state index in [-0.39, 0.29) is 11.9 Å². The van der Waals surface area contributed by atoms with Crippen LogP contribution in [-0.4, -0.2) is 21.7 Å². The van der Waals surface area contributed by atoms with Crippen molar-refractivity contribution < 1.29 is 4.79 Å². The second-order valence-corrected chi connectivity index (χ2v) is 3.97. The first-order valence-electron chi connectivity index (χ1n) is 5.59. The molecule has 2 aromatic rings. The van der Waals surface area contributed by atoms with E-state index in [2.05, 4.69) is 10.4 Å². The van der Waals surface area contributed by atoms with Crippen molar-refractivity contribution in [2.45, 2.75) is 19.5 Å². The summed E-state index contributed by atoms with van der Waals surface area (Å²) in [6.45, 7) is 2.63. The second kappa shape index (κ2) is 5.30. The topological polar surface area (TPSA) is 46.9 Å². The summed E-state index contributed by atoms with van der Waals surface area (Å²) in [5.74, 6) is -0.0507. The zero-order valence-corrected chi connectivity index (χ0v) is 9.71. The molecular weight excluding hydrogens is 214 g/mol. The number of carbonyl (C=O) groups is 1. The van der Waals surface area contributed by atoms with Gasteiger partial charge in [0.15, 0.2) is 0 Å². The van der Waals surface area contributed by atoms with Gasteiger partial charge in [-0.3, -0.25) is 9.48 Å². The Kier molecular flexibility index (Phi) is 3.55. The van der Waals surface area contributed by atoms with Crippen LogP contribution in [0.4, 0.5) is 0 Å². The highest BCUT2D eigenvalue weighted by Crippen LogP contribution is 1.99. The minimum Gasteiger partial charge on any atom is -0.348 e. The lowest BCUT2D eigenvalue weighted by Gasteiger charge is -2.13. The number of hydrogen-bond acceptors (Lipinski definition) is 2. The summed E-state index contributed by atoms with van der Waals surface area (Å²) in [5, 5.41) is 7.04. The van der Waals surface area contributed by atoms with Crippen LogP contribution in [0.25, 0.3) is 0 Å². The number of hydrogen-bond donors (Lipinski definition) is 1. The minimum atomic E-state index is -0.0507. The Hall–Kier alpha value is -2.10. The van der Waals surface area contributed by atoms with E-state index in [9.17, 15) is 4.79 Å². The van der Waals surface area contributed by atoms with Gasteiger partial charge in [-0.2, -0.15) is 5.10 Å². The Morgan fingerprint density at radius 1 is 1.35 bits per heavy atom. The van der Waals surface area contributed by atoms with E-state index >= 15 is 0 Å². The monoisotopic (exact) mass is 229 g/mol. The van der Waals surface area contributed by atoms with E-state index in [1.165, 1.54) is 0 Å². The zero-order valence-electron chi connectivity index (χ0n) is 9.71. The Morgan fingerprint density at radius 3 is 2.76 bits per heavy atom. The van der Waals surface area contributed by atoms with Crippen molar-refractivity contribution in [2.75, 3.05) is 0 Å². The van der Waals surface area contributed by atoms with Gasteiger partial charge in [-0.1, -0.05) is 18.2 Å². The van der Waals surface area contributed by atoms with E-state index in [0.29, 0.717) is 12.1 Å². The van der Waals surface area contributed by atoms with Gasteiger partial charge < -0.3 is 5.32 Å². The lowest BCUT2D eigenvalue weighted by molar-refractivity contribution is 0.0936. The molecule has 1 aromatic heterocycles. The summed E-state index contributed by atoms with van der Waals surface area (Å²) in [7, 11) is 0. The highest BCUT2D eigenvalue weighted by molar-refractivity contribution is 5.94. The first-order valence-corrected chi connectivity index (χ1v) is 5.59. The van der Waals surface area contributed by atoms with E-state index in [1.54, 1.807) is 23.0 Å². The van der Waals surface area contributed by atoms with Crippen molar-refractivity contribution in [1.29, 1.82) is 0 Å². The molecule has 0 spiro atoms. The number of carbonyl (C=O) groups excluding carboxylic acids is 1. The Bertz CT molecular complexity index is 465. The third-order valence-corrected chi connectivity index (χ3v) is 2.43. The molecule has 0 bridgehead atoms. The SMILES string of the molecule is C[C@@H](Cn1cccn1)NC(=O)c1ccccc1. The average molecular weight is 229 g/mol. The molecule has 88 valence electrons. The molecule has 2 rings (SSSR count).